The second-order valence-corrected chi connectivity index (χ2v) is 5.26. The van der Waals surface area contributed by atoms with Gasteiger partial charge >= 0.3 is 0 Å². The van der Waals surface area contributed by atoms with Gasteiger partial charge in [0.05, 0.1) is 9.12 Å². The number of aromatic nitrogens is 2. The third-order valence-corrected chi connectivity index (χ3v) is 1.72. The molecule has 0 aromatic carbocycles. The molecule has 0 fully saturated rings. The first-order valence-electron chi connectivity index (χ1n) is 3.06. The second-order valence-electron chi connectivity index (χ2n) is 2.56. The van der Waals surface area contributed by atoms with Crippen LogP contribution in [0, 0.1) is 0 Å². The topological polar surface area (TPSA) is 25.8 Å². The lowest BCUT2D eigenvalue weighted by molar-refractivity contribution is 0.777. The summed E-state index contributed by atoms with van der Waals surface area (Å²) in [6.45, 7) is 4.22. The first kappa shape index (κ1) is 7.91. The van der Waals surface area contributed by atoms with Gasteiger partial charge in [0.2, 0.25) is 0 Å². The molecule has 0 amide bonds. The maximum absolute atomic E-state index is 4.18. The third-order valence-electron chi connectivity index (χ3n) is 1.17. The van der Waals surface area contributed by atoms with E-state index in [2.05, 4.69) is 46.4 Å². The first-order valence-corrected chi connectivity index (χ1v) is 4.14. The molecule has 1 rings (SSSR count). The van der Waals surface area contributed by atoms with E-state index >= 15 is 0 Å². The average Bonchev–Trinajstić information content (AvgIpc) is 1.88. The summed E-state index contributed by atoms with van der Waals surface area (Å²) in [6, 6.07) is 0. The minimum Gasteiger partial charge on any atom is -0.261 e. The van der Waals surface area contributed by atoms with E-state index in [0.29, 0.717) is 0 Å². The zero-order chi connectivity index (χ0) is 7.61. The quantitative estimate of drug-likeness (QED) is 0.562. The number of rotatable bonds is 1. The molecule has 1 aromatic rings. The minimum absolute atomic E-state index is 0.0893. The van der Waals surface area contributed by atoms with E-state index in [1.165, 1.54) is 0 Å². The summed E-state index contributed by atoms with van der Waals surface area (Å²) in [5.41, 5.74) is 1.02. The van der Waals surface area contributed by atoms with Gasteiger partial charge in [-0.1, -0.05) is 22.6 Å². The Morgan fingerprint density at radius 2 is 2.10 bits per heavy atom. The van der Waals surface area contributed by atoms with Crippen LogP contribution in [-0.4, -0.2) is 9.97 Å². The van der Waals surface area contributed by atoms with Crippen LogP contribution in [0.1, 0.15) is 19.5 Å². The number of hydrogen-bond acceptors (Lipinski definition) is 2. The highest BCUT2D eigenvalue weighted by Crippen LogP contribution is 2.27. The van der Waals surface area contributed by atoms with Gasteiger partial charge < -0.3 is 0 Å². The van der Waals surface area contributed by atoms with Gasteiger partial charge in [0, 0.05) is 18.6 Å². The van der Waals surface area contributed by atoms with Gasteiger partial charge in [-0.3, -0.25) is 9.97 Å². The van der Waals surface area contributed by atoms with Crippen molar-refractivity contribution in [2.75, 3.05) is 0 Å². The van der Waals surface area contributed by atoms with E-state index in [1.807, 2.05) is 0 Å². The molecule has 0 radical (unpaired) electrons. The Morgan fingerprint density at radius 1 is 1.40 bits per heavy atom. The SMILES string of the molecule is CC(C)(I)c1cnccn1. The van der Waals surface area contributed by atoms with Crippen LogP contribution < -0.4 is 0 Å². The van der Waals surface area contributed by atoms with Gasteiger partial charge in [0.25, 0.3) is 0 Å². The van der Waals surface area contributed by atoms with Crippen LogP contribution in [0.15, 0.2) is 18.6 Å². The monoisotopic (exact) mass is 248 g/mol. The Hall–Kier alpha value is -0.190. The molecule has 1 aromatic heterocycles. The van der Waals surface area contributed by atoms with E-state index in [0.717, 1.165) is 5.69 Å². The molecule has 0 bridgehead atoms. The first-order chi connectivity index (χ1) is 4.61. The molecule has 0 saturated heterocycles. The highest BCUT2D eigenvalue weighted by atomic mass is 127. The highest BCUT2D eigenvalue weighted by Gasteiger charge is 2.16. The van der Waals surface area contributed by atoms with Crippen molar-refractivity contribution in [1.82, 2.24) is 9.97 Å². The maximum atomic E-state index is 4.18. The minimum atomic E-state index is 0.0893. The molecule has 0 aliphatic carbocycles. The lowest BCUT2D eigenvalue weighted by atomic mass is 10.1. The summed E-state index contributed by atoms with van der Waals surface area (Å²) < 4.78 is 0.0893. The zero-order valence-electron chi connectivity index (χ0n) is 6.00. The van der Waals surface area contributed by atoms with Crippen LogP contribution in [-0.2, 0) is 3.42 Å². The van der Waals surface area contributed by atoms with Crippen LogP contribution >= 0.6 is 22.6 Å². The molecule has 3 heteroatoms. The Balaban J connectivity index is 2.97. The lowest BCUT2D eigenvalue weighted by Crippen LogP contribution is -2.08. The Labute approximate surface area is 74.2 Å². The van der Waals surface area contributed by atoms with Gasteiger partial charge in [-0.15, -0.1) is 0 Å². The average molecular weight is 248 g/mol. The van der Waals surface area contributed by atoms with E-state index in [-0.39, 0.29) is 3.42 Å². The number of alkyl halides is 1. The molecule has 0 aliphatic heterocycles. The smallest absolute Gasteiger partial charge is 0.0740 e. The summed E-state index contributed by atoms with van der Waals surface area (Å²) in [4.78, 5) is 8.16. The molecule has 0 saturated carbocycles. The van der Waals surface area contributed by atoms with E-state index < -0.39 is 0 Å². The number of nitrogens with zero attached hydrogens (tertiary/aromatic N) is 2. The Bertz CT molecular complexity index is 203. The maximum Gasteiger partial charge on any atom is 0.0740 e. The molecule has 0 spiro atoms. The summed E-state index contributed by atoms with van der Waals surface area (Å²) in [7, 11) is 0. The van der Waals surface area contributed by atoms with Crippen LogP contribution in [0.4, 0.5) is 0 Å². The fourth-order valence-corrected chi connectivity index (χ4v) is 0.885. The second kappa shape index (κ2) is 2.82. The van der Waals surface area contributed by atoms with Crippen LogP contribution in [0.3, 0.4) is 0 Å². The van der Waals surface area contributed by atoms with Gasteiger partial charge in [-0.2, -0.15) is 0 Å². The van der Waals surface area contributed by atoms with Crippen molar-refractivity contribution in [1.29, 1.82) is 0 Å². The van der Waals surface area contributed by atoms with Crippen LogP contribution in [0.5, 0.6) is 0 Å². The predicted molar refractivity (Wildman–Crippen MR) is 49.1 cm³/mol. The summed E-state index contributed by atoms with van der Waals surface area (Å²) in [6.07, 6.45) is 5.20. The van der Waals surface area contributed by atoms with Crippen LogP contribution in [0.2, 0.25) is 0 Å². The van der Waals surface area contributed by atoms with E-state index in [1.54, 1.807) is 18.6 Å². The molecule has 0 atom stereocenters. The van der Waals surface area contributed by atoms with Gasteiger partial charge in [0.15, 0.2) is 0 Å². The number of hydrogen-bond donors (Lipinski definition) is 0. The van der Waals surface area contributed by atoms with Crippen molar-refractivity contribution in [3.05, 3.63) is 24.3 Å². The normalized spacial score (nSPS) is 11.5. The largest absolute Gasteiger partial charge is 0.261 e. The Morgan fingerprint density at radius 3 is 2.40 bits per heavy atom. The van der Waals surface area contributed by atoms with Crippen molar-refractivity contribution in [3.8, 4) is 0 Å². The van der Waals surface area contributed by atoms with Crippen molar-refractivity contribution < 1.29 is 0 Å². The van der Waals surface area contributed by atoms with Crippen molar-refractivity contribution >= 4 is 22.6 Å². The molecule has 54 valence electrons. The zero-order valence-corrected chi connectivity index (χ0v) is 8.16. The number of halogens is 1. The van der Waals surface area contributed by atoms with Gasteiger partial charge in [-0.25, -0.2) is 0 Å². The molecule has 1 heterocycles. The molecular weight excluding hydrogens is 239 g/mol. The molecule has 2 nitrogen and oxygen atoms in total. The molecular formula is C7H9IN2. The highest BCUT2D eigenvalue weighted by molar-refractivity contribution is 14.1. The predicted octanol–water partition coefficient (Wildman–Crippen LogP) is 2.15. The molecule has 0 N–H and O–H groups in total. The molecule has 0 unspecified atom stereocenters. The lowest BCUT2D eigenvalue weighted by Gasteiger charge is -2.13. The summed E-state index contributed by atoms with van der Waals surface area (Å²) >= 11 is 2.34. The Kier molecular flexibility index (Phi) is 2.23. The standard InChI is InChI=1S/C7H9IN2/c1-7(2,8)6-5-9-3-4-10-6/h3-5H,1-2H3. The molecule has 0 aliphatic rings. The van der Waals surface area contributed by atoms with E-state index in [4.69, 9.17) is 0 Å². The van der Waals surface area contributed by atoms with Crippen molar-refractivity contribution in [2.45, 2.75) is 17.3 Å². The van der Waals surface area contributed by atoms with Gasteiger partial charge in [0.1, 0.15) is 0 Å². The summed E-state index contributed by atoms with van der Waals surface area (Å²) in [5.74, 6) is 0. The summed E-state index contributed by atoms with van der Waals surface area (Å²) in [5, 5.41) is 0. The van der Waals surface area contributed by atoms with Crippen LogP contribution in [0.25, 0.3) is 0 Å². The van der Waals surface area contributed by atoms with E-state index in [9.17, 15) is 0 Å². The van der Waals surface area contributed by atoms with Crippen molar-refractivity contribution in [3.63, 3.8) is 0 Å². The van der Waals surface area contributed by atoms with Gasteiger partial charge in [-0.05, 0) is 13.8 Å². The van der Waals surface area contributed by atoms with Crippen molar-refractivity contribution in [2.24, 2.45) is 0 Å². The fraction of sp³-hybridized carbons (Fsp3) is 0.429. The third kappa shape index (κ3) is 1.90. The molecule has 10 heavy (non-hydrogen) atoms. The fourth-order valence-electron chi connectivity index (χ4n) is 0.606.